The summed E-state index contributed by atoms with van der Waals surface area (Å²) >= 11 is 0. The molecule has 0 amide bonds. The van der Waals surface area contributed by atoms with Gasteiger partial charge in [0.1, 0.15) is 29.5 Å². The summed E-state index contributed by atoms with van der Waals surface area (Å²) < 4.78 is 37.4. The molecule has 1 fully saturated rings. The van der Waals surface area contributed by atoms with Crippen molar-refractivity contribution in [2.75, 3.05) is 44.6 Å². The minimum Gasteiger partial charge on any atom is -0.371 e. The van der Waals surface area contributed by atoms with E-state index in [1.54, 1.807) is 6.07 Å². The van der Waals surface area contributed by atoms with Crippen molar-refractivity contribution in [1.29, 1.82) is 0 Å². The zero-order valence-corrected chi connectivity index (χ0v) is 21.5. The minimum absolute atomic E-state index is 0.00130. The lowest BCUT2D eigenvalue weighted by atomic mass is 10.1. The van der Waals surface area contributed by atoms with Crippen LogP contribution in [-0.2, 0) is 17.9 Å². The summed E-state index contributed by atoms with van der Waals surface area (Å²) in [5.74, 6) is 0.193. The number of likely N-dealkylation sites (N-methyl/N-ethyl adjacent to an activating group) is 1. The van der Waals surface area contributed by atoms with Gasteiger partial charge in [0, 0.05) is 44.5 Å². The van der Waals surface area contributed by atoms with Crippen molar-refractivity contribution in [3.8, 4) is 11.3 Å². The second-order valence-corrected chi connectivity index (χ2v) is 9.87. The molecule has 0 aliphatic carbocycles. The molecule has 9 nitrogen and oxygen atoms in total. The Balaban J connectivity index is 1.21. The Labute approximate surface area is 219 Å². The molecule has 4 aromatic rings. The van der Waals surface area contributed by atoms with Crippen LogP contribution in [0.5, 0.6) is 0 Å². The summed E-state index contributed by atoms with van der Waals surface area (Å²) in [7, 11) is 0. The molecular formula is C27H30F2N8O. The van der Waals surface area contributed by atoms with Crippen molar-refractivity contribution in [2.24, 2.45) is 0 Å². The van der Waals surface area contributed by atoms with Gasteiger partial charge < -0.3 is 19.5 Å². The fourth-order valence-corrected chi connectivity index (χ4v) is 5.18. The molecule has 0 saturated carbocycles. The van der Waals surface area contributed by atoms with Gasteiger partial charge in [-0.2, -0.15) is 0 Å². The van der Waals surface area contributed by atoms with E-state index in [9.17, 15) is 4.39 Å². The first kappa shape index (κ1) is 24.8. The summed E-state index contributed by atoms with van der Waals surface area (Å²) in [6.45, 7) is 11.2. The zero-order chi connectivity index (χ0) is 26.2. The number of hydrogen-bond acceptors (Lipinski definition) is 8. The van der Waals surface area contributed by atoms with E-state index in [2.05, 4.69) is 42.0 Å². The third kappa shape index (κ3) is 4.84. The largest absolute Gasteiger partial charge is 0.371 e. The van der Waals surface area contributed by atoms with Crippen molar-refractivity contribution in [2.45, 2.75) is 33.0 Å². The molecule has 0 spiro atoms. The van der Waals surface area contributed by atoms with Crippen LogP contribution in [0.4, 0.5) is 20.5 Å². The quantitative estimate of drug-likeness (QED) is 0.406. The molecule has 1 atom stereocenters. The Kier molecular flexibility index (Phi) is 6.73. The summed E-state index contributed by atoms with van der Waals surface area (Å²) in [6.07, 6.45) is 2.91. The Hall–Kier alpha value is -3.54. The van der Waals surface area contributed by atoms with E-state index in [-0.39, 0.29) is 23.2 Å². The zero-order valence-electron chi connectivity index (χ0n) is 21.5. The van der Waals surface area contributed by atoms with Crippen LogP contribution in [0.25, 0.3) is 22.3 Å². The van der Waals surface area contributed by atoms with Crippen LogP contribution in [0, 0.1) is 11.6 Å². The third-order valence-electron chi connectivity index (χ3n) is 7.25. The third-order valence-corrected chi connectivity index (χ3v) is 7.25. The van der Waals surface area contributed by atoms with Crippen molar-refractivity contribution < 1.29 is 13.5 Å². The normalized spacial score (nSPS) is 18.6. The number of nitrogens with one attached hydrogen (secondary N) is 1. The topological polar surface area (TPSA) is 84.2 Å². The Bertz CT molecular complexity index is 1450. The summed E-state index contributed by atoms with van der Waals surface area (Å²) in [5, 5.41) is 3.04. The molecule has 3 aromatic heterocycles. The van der Waals surface area contributed by atoms with E-state index < -0.39 is 11.6 Å². The van der Waals surface area contributed by atoms with E-state index in [0.717, 1.165) is 51.0 Å². The molecule has 0 radical (unpaired) electrons. The lowest BCUT2D eigenvalue weighted by Gasteiger charge is -2.33. The molecule has 11 heteroatoms. The fourth-order valence-electron chi connectivity index (χ4n) is 5.18. The predicted molar refractivity (Wildman–Crippen MR) is 140 cm³/mol. The van der Waals surface area contributed by atoms with Gasteiger partial charge in [0.05, 0.1) is 24.4 Å². The van der Waals surface area contributed by atoms with E-state index in [1.807, 2.05) is 29.8 Å². The SMILES string of the molecule is CCN1CCN(Cc2ccc(Nc3ncc(F)c(-c4cc(F)c5nc6n(c5c4)C(C)COC6)n3)nc2)CC1. The van der Waals surface area contributed by atoms with E-state index in [4.69, 9.17) is 4.74 Å². The van der Waals surface area contributed by atoms with Crippen molar-refractivity contribution in [3.05, 3.63) is 59.7 Å². The number of rotatable bonds is 6. The van der Waals surface area contributed by atoms with Gasteiger partial charge in [-0.3, -0.25) is 4.90 Å². The number of imidazole rings is 1. The summed E-state index contributed by atoms with van der Waals surface area (Å²) in [6, 6.07) is 6.84. The van der Waals surface area contributed by atoms with Crippen molar-refractivity contribution in [1.82, 2.24) is 34.3 Å². The first-order valence-electron chi connectivity index (χ1n) is 13.0. The Morgan fingerprint density at radius 1 is 1.00 bits per heavy atom. The standard InChI is InChI=1S/C27H30F2N8O/c1-3-35-6-8-36(9-7-35)14-18-4-5-23(30-12-18)32-27-31-13-21(29)25(34-27)19-10-20(28)26-22(11-19)37-17(2)15-38-16-24(37)33-26/h4-5,10-13,17H,3,6-9,14-16H2,1-2H3,(H,30,31,32,34). The number of benzene rings is 1. The van der Waals surface area contributed by atoms with Crippen LogP contribution in [0.3, 0.4) is 0 Å². The maximum absolute atomic E-state index is 15.1. The first-order valence-corrected chi connectivity index (χ1v) is 13.0. The van der Waals surface area contributed by atoms with E-state index >= 15 is 4.39 Å². The number of hydrogen-bond donors (Lipinski definition) is 1. The average molecular weight is 521 g/mol. The molecule has 38 heavy (non-hydrogen) atoms. The highest BCUT2D eigenvalue weighted by Crippen LogP contribution is 2.32. The van der Waals surface area contributed by atoms with Gasteiger partial charge in [-0.15, -0.1) is 0 Å². The predicted octanol–water partition coefficient (Wildman–Crippen LogP) is 4.14. The van der Waals surface area contributed by atoms with Crippen LogP contribution in [0.15, 0.2) is 36.7 Å². The number of fused-ring (bicyclic) bond motifs is 3. The van der Waals surface area contributed by atoms with Gasteiger partial charge in [0.2, 0.25) is 5.95 Å². The molecular weight excluding hydrogens is 490 g/mol. The van der Waals surface area contributed by atoms with Gasteiger partial charge in [0.25, 0.3) is 0 Å². The molecule has 5 heterocycles. The van der Waals surface area contributed by atoms with E-state index in [1.165, 1.54) is 6.07 Å². The van der Waals surface area contributed by atoms with Crippen LogP contribution in [-0.4, -0.2) is 73.6 Å². The fraction of sp³-hybridized carbons (Fsp3) is 0.407. The molecule has 6 rings (SSSR count). The molecule has 0 bridgehead atoms. The summed E-state index contributed by atoms with van der Waals surface area (Å²) in [4.78, 5) is 22.2. The van der Waals surface area contributed by atoms with Crippen LogP contribution in [0.2, 0.25) is 0 Å². The molecule has 2 aliphatic heterocycles. The second kappa shape index (κ2) is 10.3. The maximum atomic E-state index is 15.1. The van der Waals surface area contributed by atoms with Gasteiger partial charge in [-0.1, -0.05) is 13.0 Å². The van der Waals surface area contributed by atoms with Crippen molar-refractivity contribution >= 4 is 22.8 Å². The highest BCUT2D eigenvalue weighted by molar-refractivity contribution is 5.83. The number of halogens is 2. The Morgan fingerprint density at radius 2 is 1.82 bits per heavy atom. The van der Waals surface area contributed by atoms with Gasteiger partial charge >= 0.3 is 0 Å². The van der Waals surface area contributed by atoms with E-state index in [0.29, 0.717) is 35.9 Å². The second-order valence-electron chi connectivity index (χ2n) is 9.87. The number of nitrogens with zero attached hydrogens (tertiary/aromatic N) is 7. The Morgan fingerprint density at radius 3 is 2.58 bits per heavy atom. The highest BCUT2D eigenvalue weighted by Gasteiger charge is 2.24. The number of piperazine rings is 1. The molecule has 2 aliphatic rings. The lowest BCUT2D eigenvalue weighted by molar-refractivity contribution is 0.0621. The lowest BCUT2D eigenvalue weighted by Crippen LogP contribution is -2.45. The minimum atomic E-state index is -0.643. The van der Waals surface area contributed by atoms with Crippen LogP contribution in [0.1, 0.15) is 31.3 Å². The van der Waals surface area contributed by atoms with Crippen molar-refractivity contribution in [3.63, 3.8) is 0 Å². The molecule has 198 valence electrons. The maximum Gasteiger partial charge on any atom is 0.229 e. The van der Waals surface area contributed by atoms with Gasteiger partial charge in [0.15, 0.2) is 11.6 Å². The van der Waals surface area contributed by atoms with Crippen LogP contribution < -0.4 is 5.32 Å². The number of aromatic nitrogens is 5. The average Bonchev–Trinajstić information content (AvgIpc) is 3.32. The molecule has 1 saturated heterocycles. The molecule has 1 unspecified atom stereocenters. The molecule has 1 N–H and O–H groups in total. The highest BCUT2D eigenvalue weighted by atomic mass is 19.1. The number of pyridine rings is 1. The summed E-state index contributed by atoms with van der Waals surface area (Å²) in [5.41, 5.74) is 2.26. The smallest absolute Gasteiger partial charge is 0.229 e. The number of ether oxygens (including phenoxy) is 1. The first-order chi connectivity index (χ1) is 18.5. The van der Waals surface area contributed by atoms with Crippen LogP contribution >= 0.6 is 0 Å². The van der Waals surface area contributed by atoms with Gasteiger partial charge in [-0.25, -0.2) is 28.7 Å². The molecule has 1 aromatic carbocycles. The van der Waals surface area contributed by atoms with Gasteiger partial charge in [-0.05, 0) is 37.2 Å². The number of anilines is 2. The monoisotopic (exact) mass is 520 g/mol.